The first kappa shape index (κ1) is 66.1. The highest BCUT2D eigenvalue weighted by molar-refractivity contribution is 6.15. The second kappa shape index (κ2) is 34.0. The van der Waals surface area contributed by atoms with E-state index in [1.54, 1.807) is 61.1 Å². The number of carbonyl (C=O) groups is 6. The number of Topliss-reactive ketones (excluding diaryl/α,β-unsaturated/α-hetero) is 2. The highest BCUT2D eigenvalue weighted by Gasteiger charge is 2.47. The first-order valence-corrected chi connectivity index (χ1v) is 26.9. The Morgan fingerprint density at radius 1 is 0.561 bits per heavy atom. The molecule has 3 atom stereocenters. The fourth-order valence-corrected chi connectivity index (χ4v) is 8.55. The van der Waals surface area contributed by atoms with E-state index in [4.69, 9.17) is 28.5 Å². The van der Waals surface area contributed by atoms with Crippen LogP contribution in [0.25, 0.3) is 0 Å². The molecule has 82 heavy (non-hydrogen) atoms. The molecule has 1 aliphatic heterocycles. The summed E-state index contributed by atoms with van der Waals surface area (Å²) in [6.45, 7) is 2.12. The molecule has 17 nitrogen and oxygen atoms in total. The van der Waals surface area contributed by atoms with E-state index in [1.807, 2.05) is 48.5 Å². The van der Waals surface area contributed by atoms with E-state index in [1.165, 1.54) is 53.2 Å². The average Bonchev–Trinajstić information content (AvgIpc) is 4.34. The third-order valence-corrected chi connectivity index (χ3v) is 13.9. The molecule has 0 radical (unpaired) electrons. The number of hydrogen-bond acceptors (Lipinski definition) is 13. The van der Waals surface area contributed by atoms with Gasteiger partial charge in [0.25, 0.3) is 23.6 Å². The summed E-state index contributed by atoms with van der Waals surface area (Å²) in [5, 5.41) is 28.2. The minimum Gasteiger partial charge on any atom is -0.469 e. The summed E-state index contributed by atoms with van der Waals surface area (Å²) in [4.78, 5) is 79.3. The number of aliphatic hydroxyl groups is 3. The van der Waals surface area contributed by atoms with Gasteiger partial charge in [-0.1, -0.05) is 47.9 Å². The second-order valence-electron chi connectivity index (χ2n) is 19.1. The monoisotopic (exact) mass is 1120 g/mol. The molecule has 6 aromatic rings. The molecule has 3 heterocycles. The molecule has 2 aromatic heterocycles. The van der Waals surface area contributed by atoms with Crippen molar-refractivity contribution in [3.05, 3.63) is 190 Å². The number of carbonyl (C=O) groups excluding carboxylic acids is 6. The lowest BCUT2D eigenvalue weighted by Gasteiger charge is -2.36. The Bertz CT molecular complexity index is 3060. The van der Waals surface area contributed by atoms with Crippen LogP contribution in [0.2, 0.25) is 0 Å². The Kier molecular flexibility index (Phi) is 27.4. The number of amides is 4. The van der Waals surface area contributed by atoms with E-state index in [2.05, 4.69) is 58.6 Å². The number of nitrogens with zero attached hydrogens (tertiary/aromatic N) is 2. The summed E-state index contributed by atoms with van der Waals surface area (Å²) in [5.74, 6) is 10.9. The van der Waals surface area contributed by atoms with Crippen molar-refractivity contribution in [3.63, 3.8) is 0 Å². The number of aliphatic hydroxyl groups excluding tert-OH is 3. The van der Waals surface area contributed by atoms with Gasteiger partial charge < -0.3 is 54.1 Å². The minimum absolute atomic E-state index is 0.294. The van der Waals surface area contributed by atoms with Crippen molar-refractivity contribution in [2.24, 2.45) is 0 Å². The van der Waals surface area contributed by atoms with Crippen LogP contribution in [0.5, 0.6) is 0 Å². The molecule has 4 aromatic carbocycles. The van der Waals surface area contributed by atoms with E-state index in [0.717, 1.165) is 109 Å². The van der Waals surface area contributed by atoms with Crippen molar-refractivity contribution in [3.8, 4) is 23.7 Å². The van der Waals surface area contributed by atoms with Crippen molar-refractivity contribution < 1.29 is 62.4 Å². The van der Waals surface area contributed by atoms with E-state index in [9.17, 15) is 33.9 Å². The molecule has 5 N–H and O–H groups in total. The molecule has 17 heteroatoms. The standard InChI is InChI=1S/C34H38N2O6.C29H30N2O5.2CH4O/c1-34(33(39)35-2,30(37)24-42-31-11-4-5-22-41-31)36(3)32(38)28-20-18-27(19-21-28)17-16-26-14-12-25(13-15-26)8-6-9-29-10-7-23-40-29;1-29(26(33)20-32,28(35)30-2)31(3)27(34)24-17-15-23(16-18-24)14-13-22-11-9-21(10-12-22)6-4-7-25-8-5-19-36-25;2*1-2/h7,10,12-15,18-21,23,31H,4-6,8-9,11,22,24H2,1-3H3,(H,35,39);5,8-12,15-19,32H,4,6-7,20H2,1-3H3,(H,30,35);2*2H,1H3/t31?,34-;29-;;/m11../s1. The van der Waals surface area contributed by atoms with Gasteiger partial charge in [0, 0.05) is 95.2 Å². The molecule has 1 saturated heterocycles. The number of rotatable bonds is 20. The Balaban J connectivity index is 0.000000336. The van der Waals surface area contributed by atoms with Gasteiger partial charge in [0.1, 0.15) is 24.7 Å². The lowest BCUT2D eigenvalue weighted by atomic mass is 9.92. The lowest BCUT2D eigenvalue weighted by Crippen LogP contribution is -2.62. The molecule has 0 aliphatic carbocycles. The smallest absolute Gasteiger partial charge is 0.254 e. The van der Waals surface area contributed by atoms with Crippen molar-refractivity contribution in [1.82, 2.24) is 20.4 Å². The SMILES string of the molecule is CNC(=O)[C@@](C)(C(=O)CO)N(C)C(=O)c1ccc(C#Cc2ccc(CCCc3ccco3)cc2)cc1.CNC(=O)[C@@](C)(C(=O)COC1CCCCO1)N(C)C(=O)c1ccc(C#Cc2ccc(CCCc3ccco3)cc2)cc1.CO.CO. The van der Waals surface area contributed by atoms with Gasteiger partial charge in [-0.05, 0) is 167 Å². The summed E-state index contributed by atoms with van der Waals surface area (Å²) >= 11 is 0. The predicted octanol–water partition coefficient (Wildman–Crippen LogP) is 6.75. The fourth-order valence-electron chi connectivity index (χ4n) is 8.55. The van der Waals surface area contributed by atoms with Crippen LogP contribution in [-0.4, -0.2) is 140 Å². The molecular formula is C65H76N4O13. The molecule has 1 aliphatic rings. The number of likely N-dealkylation sites (N-methyl/N-ethyl adjacent to an activating group) is 4. The van der Waals surface area contributed by atoms with Crippen LogP contribution < -0.4 is 10.6 Å². The van der Waals surface area contributed by atoms with Crippen molar-refractivity contribution >= 4 is 35.2 Å². The van der Waals surface area contributed by atoms with Crippen LogP contribution in [0.4, 0.5) is 0 Å². The van der Waals surface area contributed by atoms with Gasteiger partial charge in [0.2, 0.25) is 0 Å². The van der Waals surface area contributed by atoms with Crippen LogP contribution >= 0.6 is 0 Å². The van der Waals surface area contributed by atoms with Crippen LogP contribution in [0, 0.1) is 23.7 Å². The normalized spacial score (nSPS) is 13.7. The van der Waals surface area contributed by atoms with E-state index < -0.39 is 59.2 Å². The van der Waals surface area contributed by atoms with Gasteiger partial charge in [-0.2, -0.15) is 0 Å². The van der Waals surface area contributed by atoms with E-state index >= 15 is 0 Å². The zero-order valence-corrected chi connectivity index (χ0v) is 48.1. The van der Waals surface area contributed by atoms with Gasteiger partial charge in [-0.25, -0.2) is 0 Å². The maximum absolute atomic E-state index is 13.4. The molecular weight excluding hydrogens is 1040 g/mol. The van der Waals surface area contributed by atoms with Gasteiger partial charge in [0.05, 0.1) is 12.5 Å². The number of benzene rings is 4. The highest BCUT2D eigenvalue weighted by atomic mass is 16.7. The van der Waals surface area contributed by atoms with Gasteiger partial charge in [0.15, 0.2) is 28.9 Å². The maximum atomic E-state index is 13.4. The molecule has 0 saturated carbocycles. The molecule has 1 unspecified atom stereocenters. The summed E-state index contributed by atoms with van der Waals surface area (Å²) in [7, 11) is 7.61. The van der Waals surface area contributed by atoms with Crippen LogP contribution in [-0.2, 0) is 54.3 Å². The lowest BCUT2D eigenvalue weighted by molar-refractivity contribution is -0.174. The zero-order valence-electron chi connectivity index (χ0n) is 48.1. The molecule has 7 rings (SSSR count). The number of hydrogen-bond donors (Lipinski definition) is 5. The third-order valence-electron chi connectivity index (χ3n) is 13.9. The summed E-state index contributed by atoms with van der Waals surface area (Å²) in [6.07, 6.45) is 11.3. The van der Waals surface area contributed by atoms with Crippen molar-refractivity contribution in [1.29, 1.82) is 0 Å². The Labute approximate surface area is 481 Å². The summed E-state index contributed by atoms with van der Waals surface area (Å²) in [5.41, 5.74) is 2.76. The van der Waals surface area contributed by atoms with Crippen molar-refractivity contribution in [2.75, 3.05) is 62.2 Å². The number of aryl methyl sites for hydroxylation is 4. The second-order valence-corrected chi connectivity index (χ2v) is 19.1. The van der Waals surface area contributed by atoms with Crippen molar-refractivity contribution in [2.45, 2.75) is 89.0 Å². The van der Waals surface area contributed by atoms with E-state index in [0.29, 0.717) is 24.2 Å². The fraction of sp³-hybridized carbons (Fsp3) is 0.354. The number of ketones is 2. The number of furan rings is 2. The zero-order chi connectivity index (χ0) is 60.1. The van der Waals surface area contributed by atoms with Gasteiger partial charge >= 0.3 is 0 Å². The number of nitrogens with one attached hydrogen (secondary N) is 2. The number of ether oxygens (including phenoxy) is 2. The van der Waals surface area contributed by atoms with Gasteiger partial charge in [-0.3, -0.25) is 28.8 Å². The van der Waals surface area contributed by atoms with Crippen LogP contribution in [0.15, 0.2) is 143 Å². The molecule has 4 amide bonds. The topological polar surface area (TPSA) is 238 Å². The molecule has 434 valence electrons. The summed E-state index contributed by atoms with van der Waals surface area (Å²) < 4.78 is 21.9. The summed E-state index contributed by atoms with van der Waals surface area (Å²) in [6, 6.07) is 37.5. The largest absolute Gasteiger partial charge is 0.469 e. The first-order valence-electron chi connectivity index (χ1n) is 26.9. The first-order chi connectivity index (χ1) is 39.6. The Morgan fingerprint density at radius 3 is 1.27 bits per heavy atom. The average molecular weight is 1120 g/mol. The molecule has 0 bridgehead atoms. The predicted molar refractivity (Wildman–Crippen MR) is 311 cm³/mol. The highest BCUT2D eigenvalue weighted by Crippen LogP contribution is 2.23. The minimum atomic E-state index is -1.83. The third kappa shape index (κ3) is 18.6. The maximum Gasteiger partial charge on any atom is 0.254 e. The Hall–Kier alpha value is -8.42. The molecule has 0 spiro atoms. The van der Waals surface area contributed by atoms with Crippen LogP contribution in [0.3, 0.4) is 0 Å². The van der Waals surface area contributed by atoms with E-state index in [-0.39, 0.29) is 6.61 Å². The molecule has 1 fully saturated rings. The Morgan fingerprint density at radius 2 is 0.939 bits per heavy atom. The van der Waals surface area contributed by atoms with Gasteiger partial charge in [-0.15, -0.1) is 0 Å². The quantitative estimate of drug-likeness (QED) is 0.0393. The van der Waals surface area contributed by atoms with Crippen LogP contribution in [0.1, 0.15) is 112 Å².